The minimum absolute atomic E-state index is 0.104. The molecule has 1 saturated carbocycles. The van der Waals surface area contributed by atoms with Crippen molar-refractivity contribution in [1.29, 1.82) is 0 Å². The molecule has 0 aromatic heterocycles. The van der Waals surface area contributed by atoms with Gasteiger partial charge in [0, 0.05) is 10.5 Å². The third-order valence-corrected chi connectivity index (χ3v) is 5.38. The number of rotatable bonds is 6. The minimum Gasteiger partial charge on any atom is -0.494 e. The fourth-order valence-corrected chi connectivity index (χ4v) is 4.49. The second kappa shape index (κ2) is 7.15. The van der Waals surface area contributed by atoms with Gasteiger partial charge in [-0.1, -0.05) is 48.7 Å². The van der Waals surface area contributed by atoms with Crippen molar-refractivity contribution >= 4 is 15.9 Å². The predicted octanol–water partition coefficient (Wildman–Crippen LogP) is 5.45. The first kappa shape index (κ1) is 16.8. The summed E-state index contributed by atoms with van der Waals surface area (Å²) in [7, 11) is 0. The Morgan fingerprint density at radius 1 is 1.29 bits per heavy atom. The van der Waals surface area contributed by atoms with Crippen LogP contribution in [0.2, 0.25) is 0 Å². The molecule has 1 atom stereocenters. The van der Waals surface area contributed by atoms with Gasteiger partial charge in [-0.25, -0.2) is 0 Å². The lowest BCUT2D eigenvalue weighted by Crippen LogP contribution is -2.33. The SMILES string of the molecule is CCOc1ccc(C(N)C2(CC(C)C)CCCC2)c(Br)c1. The topological polar surface area (TPSA) is 35.2 Å². The molecule has 1 unspecified atom stereocenters. The van der Waals surface area contributed by atoms with Gasteiger partial charge in [0.2, 0.25) is 0 Å². The molecule has 2 N–H and O–H groups in total. The Balaban J connectivity index is 2.26. The Morgan fingerprint density at radius 3 is 2.48 bits per heavy atom. The number of hydrogen-bond donors (Lipinski definition) is 1. The Labute approximate surface area is 137 Å². The van der Waals surface area contributed by atoms with E-state index in [0.29, 0.717) is 12.5 Å². The van der Waals surface area contributed by atoms with Gasteiger partial charge in [-0.3, -0.25) is 0 Å². The number of halogens is 1. The van der Waals surface area contributed by atoms with E-state index in [1.54, 1.807) is 0 Å². The molecule has 118 valence electrons. The van der Waals surface area contributed by atoms with Gasteiger partial charge in [0.25, 0.3) is 0 Å². The average molecular weight is 354 g/mol. The van der Waals surface area contributed by atoms with E-state index in [2.05, 4.69) is 41.9 Å². The van der Waals surface area contributed by atoms with Crippen LogP contribution >= 0.6 is 15.9 Å². The molecule has 2 nitrogen and oxygen atoms in total. The fourth-order valence-electron chi connectivity index (χ4n) is 3.88. The molecule has 0 saturated heterocycles. The van der Waals surface area contributed by atoms with Crippen molar-refractivity contribution in [3.63, 3.8) is 0 Å². The molecule has 0 heterocycles. The molecule has 0 aliphatic heterocycles. The summed E-state index contributed by atoms with van der Waals surface area (Å²) in [6.07, 6.45) is 6.36. The first-order chi connectivity index (χ1) is 9.98. The number of hydrogen-bond acceptors (Lipinski definition) is 2. The van der Waals surface area contributed by atoms with Crippen LogP contribution in [0.15, 0.2) is 22.7 Å². The maximum absolute atomic E-state index is 6.74. The van der Waals surface area contributed by atoms with Crippen LogP contribution in [0.3, 0.4) is 0 Å². The van der Waals surface area contributed by atoms with Crippen LogP contribution < -0.4 is 10.5 Å². The van der Waals surface area contributed by atoms with E-state index in [4.69, 9.17) is 10.5 Å². The molecule has 0 radical (unpaired) electrons. The lowest BCUT2D eigenvalue weighted by molar-refractivity contribution is 0.183. The first-order valence-corrected chi connectivity index (χ1v) is 8.95. The summed E-state index contributed by atoms with van der Waals surface area (Å²) in [5.41, 5.74) is 8.23. The Morgan fingerprint density at radius 2 is 1.95 bits per heavy atom. The number of nitrogens with two attached hydrogens (primary N) is 1. The zero-order chi connectivity index (χ0) is 15.5. The van der Waals surface area contributed by atoms with Crippen LogP contribution in [0.25, 0.3) is 0 Å². The van der Waals surface area contributed by atoms with Gasteiger partial charge in [0.15, 0.2) is 0 Å². The Kier molecular flexibility index (Phi) is 5.73. The van der Waals surface area contributed by atoms with Gasteiger partial charge in [0.1, 0.15) is 5.75 Å². The van der Waals surface area contributed by atoms with Crippen molar-refractivity contribution in [2.75, 3.05) is 6.61 Å². The third-order valence-electron chi connectivity index (χ3n) is 4.69. The molecular weight excluding hydrogens is 326 g/mol. The van der Waals surface area contributed by atoms with Crippen molar-refractivity contribution in [2.45, 2.75) is 58.9 Å². The highest BCUT2D eigenvalue weighted by atomic mass is 79.9. The van der Waals surface area contributed by atoms with Gasteiger partial charge < -0.3 is 10.5 Å². The molecule has 0 spiro atoms. The van der Waals surface area contributed by atoms with Crippen LogP contribution in [-0.4, -0.2) is 6.61 Å². The van der Waals surface area contributed by atoms with E-state index < -0.39 is 0 Å². The summed E-state index contributed by atoms with van der Waals surface area (Å²) < 4.78 is 6.65. The standard InChI is InChI=1S/C18H28BrNO/c1-4-21-14-7-8-15(16(19)11-14)17(20)18(12-13(2)3)9-5-6-10-18/h7-8,11,13,17H,4-6,9-10,12,20H2,1-3H3. The summed E-state index contributed by atoms with van der Waals surface area (Å²) in [6, 6.07) is 6.34. The molecular formula is C18H28BrNO. The van der Waals surface area contributed by atoms with E-state index in [1.165, 1.54) is 37.7 Å². The summed E-state index contributed by atoms with van der Waals surface area (Å²) in [5.74, 6) is 1.60. The van der Waals surface area contributed by atoms with E-state index in [-0.39, 0.29) is 11.5 Å². The second-order valence-corrected chi connectivity index (χ2v) is 7.62. The molecule has 0 bridgehead atoms. The van der Waals surface area contributed by atoms with Crippen molar-refractivity contribution in [2.24, 2.45) is 17.1 Å². The Bertz CT molecular complexity index is 466. The first-order valence-electron chi connectivity index (χ1n) is 8.16. The monoisotopic (exact) mass is 353 g/mol. The highest BCUT2D eigenvalue weighted by molar-refractivity contribution is 9.10. The number of benzene rings is 1. The van der Waals surface area contributed by atoms with E-state index >= 15 is 0 Å². The van der Waals surface area contributed by atoms with E-state index in [1.807, 2.05) is 13.0 Å². The van der Waals surface area contributed by atoms with Crippen LogP contribution in [0, 0.1) is 11.3 Å². The summed E-state index contributed by atoms with van der Waals surface area (Å²) in [6.45, 7) is 7.30. The van der Waals surface area contributed by atoms with Gasteiger partial charge in [-0.05, 0) is 55.2 Å². The van der Waals surface area contributed by atoms with Gasteiger partial charge in [-0.2, -0.15) is 0 Å². The maximum Gasteiger partial charge on any atom is 0.120 e. The van der Waals surface area contributed by atoms with Gasteiger partial charge in [0.05, 0.1) is 6.61 Å². The quantitative estimate of drug-likeness (QED) is 0.737. The smallest absolute Gasteiger partial charge is 0.120 e. The van der Waals surface area contributed by atoms with Crippen LogP contribution in [0.4, 0.5) is 0 Å². The zero-order valence-corrected chi connectivity index (χ0v) is 15.1. The highest BCUT2D eigenvalue weighted by Crippen LogP contribution is 2.51. The molecule has 1 fully saturated rings. The molecule has 3 heteroatoms. The molecule has 1 aromatic rings. The van der Waals surface area contributed by atoms with Crippen molar-refractivity contribution in [3.8, 4) is 5.75 Å². The summed E-state index contributed by atoms with van der Waals surface area (Å²) in [4.78, 5) is 0. The van der Waals surface area contributed by atoms with Crippen molar-refractivity contribution in [3.05, 3.63) is 28.2 Å². The van der Waals surface area contributed by atoms with Crippen molar-refractivity contribution in [1.82, 2.24) is 0 Å². The molecule has 1 aliphatic carbocycles. The molecule has 2 rings (SSSR count). The van der Waals surface area contributed by atoms with E-state index in [9.17, 15) is 0 Å². The maximum atomic E-state index is 6.74. The molecule has 21 heavy (non-hydrogen) atoms. The Hall–Kier alpha value is -0.540. The van der Waals surface area contributed by atoms with Gasteiger partial charge in [-0.15, -0.1) is 0 Å². The van der Waals surface area contributed by atoms with E-state index in [0.717, 1.165) is 10.2 Å². The molecule has 0 amide bonds. The third kappa shape index (κ3) is 3.81. The van der Waals surface area contributed by atoms with Crippen LogP contribution in [0.5, 0.6) is 5.75 Å². The molecule has 1 aliphatic rings. The van der Waals surface area contributed by atoms with Crippen LogP contribution in [0.1, 0.15) is 64.5 Å². The second-order valence-electron chi connectivity index (χ2n) is 6.76. The van der Waals surface area contributed by atoms with Crippen LogP contribution in [-0.2, 0) is 0 Å². The number of ether oxygens (including phenoxy) is 1. The summed E-state index contributed by atoms with van der Waals surface area (Å²) >= 11 is 3.70. The summed E-state index contributed by atoms with van der Waals surface area (Å²) in [5, 5.41) is 0. The van der Waals surface area contributed by atoms with Gasteiger partial charge >= 0.3 is 0 Å². The largest absolute Gasteiger partial charge is 0.494 e. The van der Waals surface area contributed by atoms with Crippen molar-refractivity contribution < 1.29 is 4.74 Å². The zero-order valence-electron chi connectivity index (χ0n) is 13.5. The average Bonchev–Trinajstić information content (AvgIpc) is 2.87. The predicted molar refractivity (Wildman–Crippen MR) is 92.6 cm³/mol. The normalized spacial score (nSPS) is 19.0. The molecule has 1 aromatic carbocycles. The lowest BCUT2D eigenvalue weighted by atomic mass is 9.71. The minimum atomic E-state index is 0.104. The highest BCUT2D eigenvalue weighted by Gasteiger charge is 2.41. The fraction of sp³-hybridized carbons (Fsp3) is 0.667. The lowest BCUT2D eigenvalue weighted by Gasteiger charge is -2.37.